The highest BCUT2D eigenvalue weighted by molar-refractivity contribution is 7.16. The minimum Gasteiger partial charge on any atom is -0.482 e. The predicted octanol–water partition coefficient (Wildman–Crippen LogP) is 4.78. The molecule has 1 heterocycles. The van der Waals surface area contributed by atoms with E-state index in [4.69, 9.17) is 32.7 Å². The normalized spacial score (nSPS) is 12.0. The van der Waals surface area contributed by atoms with Crippen molar-refractivity contribution >= 4 is 50.7 Å². The number of aryl methyl sites for hydroxylation is 2. The quantitative estimate of drug-likeness (QED) is 0.556. The molecular formula is C20H20Cl2N2O3S. The number of nitrogens with zero attached hydrogens (tertiary/aromatic N) is 2. The fraction of sp³-hybridized carbons (Fsp3) is 0.300. The molecule has 8 heteroatoms. The summed E-state index contributed by atoms with van der Waals surface area (Å²) in [5.74, 6) is 0.00153. The van der Waals surface area contributed by atoms with E-state index in [1.54, 1.807) is 25.3 Å². The van der Waals surface area contributed by atoms with E-state index in [1.165, 1.54) is 22.5 Å². The van der Waals surface area contributed by atoms with Crippen molar-refractivity contribution in [3.05, 3.63) is 56.3 Å². The Labute approximate surface area is 177 Å². The third-order valence-electron chi connectivity index (χ3n) is 4.28. The van der Waals surface area contributed by atoms with E-state index < -0.39 is 5.91 Å². The van der Waals surface area contributed by atoms with Gasteiger partial charge in [-0.15, -0.1) is 0 Å². The summed E-state index contributed by atoms with van der Waals surface area (Å²) in [5, 5.41) is 0.853. The summed E-state index contributed by atoms with van der Waals surface area (Å²) in [4.78, 5) is 17.3. The van der Waals surface area contributed by atoms with Gasteiger partial charge in [0.05, 0.1) is 21.8 Å². The molecule has 0 spiro atoms. The van der Waals surface area contributed by atoms with Crippen molar-refractivity contribution in [3.8, 4) is 5.75 Å². The van der Waals surface area contributed by atoms with E-state index in [0.717, 1.165) is 10.2 Å². The third-order valence-corrected chi connectivity index (χ3v) is 5.85. The maximum absolute atomic E-state index is 12.4. The number of hydrogen-bond acceptors (Lipinski definition) is 4. The number of aromatic nitrogens is 1. The summed E-state index contributed by atoms with van der Waals surface area (Å²) < 4.78 is 13.8. The lowest BCUT2D eigenvalue weighted by Crippen LogP contribution is -2.21. The third kappa shape index (κ3) is 4.75. The molecule has 5 nitrogen and oxygen atoms in total. The lowest BCUT2D eigenvalue weighted by molar-refractivity contribution is -0.120. The number of thiazole rings is 1. The summed E-state index contributed by atoms with van der Waals surface area (Å²) in [6.07, 6.45) is 0. The van der Waals surface area contributed by atoms with Gasteiger partial charge in [0, 0.05) is 18.7 Å². The number of halogens is 2. The van der Waals surface area contributed by atoms with Crippen molar-refractivity contribution in [3.63, 3.8) is 0 Å². The molecule has 0 saturated heterocycles. The average Bonchev–Trinajstić information content (AvgIpc) is 2.95. The lowest BCUT2D eigenvalue weighted by atomic mass is 10.1. The molecule has 0 aliphatic carbocycles. The molecular weight excluding hydrogens is 419 g/mol. The second-order valence-electron chi connectivity index (χ2n) is 6.30. The van der Waals surface area contributed by atoms with Gasteiger partial charge >= 0.3 is 0 Å². The van der Waals surface area contributed by atoms with E-state index in [1.807, 2.05) is 4.57 Å². The van der Waals surface area contributed by atoms with Gasteiger partial charge in [-0.05, 0) is 55.3 Å². The van der Waals surface area contributed by atoms with Crippen molar-refractivity contribution in [2.45, 2.75) is 20.4 Å². The van der Waals surface area contributed by atoms with Crippen molar-refractivity contribution < 1.29 is 14.3 Å². The van der Waals surface area contributed by atoms with Gasteiger partial charge in [0.25, 0.3) is 5.91 Å². The summed E-state index contributed by atoms with van der Waals surface area (Å²) in [6.45, 7) is 5.06. The van der Waals surface area contributed by atoms with E-state index in [2.05, 4.69) is 31.0 Å². The molecule has 1 amide bonds. The molecule has 0 fully saturated rings. The van der Waals surface area contributed by atoms with Crippen LogP contribution in [0.25, 0.3) is 10.2 Å². The van der Waals surface area contributed by atoms with Crippen molar-refractivity contribution in [2.24, 2.45) is 4.99 Å². The highest BCUT2D eigenvalue weighted by Gasteiger charge is 2.11. The maximum Gasteiger partial charge on any atom is 0.286 e. The van der Waals surface area contributed by atoms with Crippen LogP contribution in [0.3, 0.4) is 0 Å². The highest BCUT2D eigenvalue weighted by atomic mass is 35.5. The first-order valence-corrected chi connectivity index (χ1v) is 10.2. The maximum atomic E-state index is 12.4. The van der Waals surface area contributed by atoms with Gasteiger partial charge in [-0.25, -0.2) is 0 Å². The number of benzene rings is 2. The molecule has 1 aromatic heterocycles. The van der Waals surface area contributed by atoms with Crippen LogP contribution < -0.4 is 9.54 Å². The lowest BCUT2D eigenvalue weighted by Gasteiger charge is -2.07. The molecule has 0 saturated carbocycles. The molecule has 0 N–H and O–H groups in total. The number of fused-ring (bicyclic) bond motifs is 1. The number of amides is 1. The Morgan fingerprint density at radius 3 is 2.64 bits per heavy atom. The van der Waals surface area contributed by atoms with Gasteiger partial charge in [-0.2, -0.15) is 4.99 Å². The van der Waals surface area contributed by atoms with Gasteiger partial charge in [0.15, 0.2) is 11.4 Å². The van der Waals surface area contributed by atoms with Crippen LogP contribution in [-0.4, -0.2) is 30.8 Å². The van der Waals surface area contributed by atoms with Crippen molar-refractivity contribution in [1.82, 2.24) is 4.57 Å². The van der Waals surface area contributed by atoms with Crippen LogP contribution in [0.2, 0.25) is 10.0 Å². The zero-order valence-corrected chi connectivity index (χ0v) is 18.1. The Morgan fingerprint density at radius 2 is 1.93 bits per heavy atom. The molecule has 28 heavy (non-hydrogen) atoms. The van der Waals surface area contributed by atoms with Gasteiger partial charge in [-0.3, -0.25) is 4.79 Å². The molecule has 3 aromatic rings. The number of carbonyl (C=O) groups excluding carboxylic acids is 1. The van der Waals surface area contributed by atoms with Gasteiger partial charge in [0.2, 0.25) is 0 Å². The molecule has 0 atom stereocenters. The second kappa shape index (κ2) is 9.09. The molecule has 0 unspecified atom stereocenters. The summed E-state index contributed by atoms with van der Waals surface area (Å²) >= 11 is 13.4. The van der Waals surface area contributed by atoms with E-state index in [-0.39, 0.29) is 6.61 Å². The number of carbonyl (C=O) groups is 1. The first-order valence-electron chi connectivity index (χ1n) is 8.64. The Hall–Kier alpha value is -1.86. The van der Waals surface area contributed by atoms with Crippen molar-refractivity contribution in [2.75, 3.05) is 20.3 Å². The standard InChI is InChI=1S/C20H20Cl2N2O3S/c1-12-8-16-18(9-13(12)2)28-20(24(16)6-7-26-3)23-19(25)11-27-17-5-4-14(21)10-15(17)22/h4-5,8-10H,6-7,11H2,1-3H3. The SMILES string of the molecule is COCCn1c(=NC(=O)COc2ccc(Cl)cc2Cl)sc2cc(C)c(C)cc21. The largest absolute Gasteiger partial charge is 0.482 e. The topological polar surface area (TPSA) is 52.8 Å². The fourth-order valence-electron chi connectivity index (χ4n) is 2.68. The van der Waals surface area contributed by atoms with Crippen LogP contribution in [0.4, 0.5) is 0 Å². The van der Waals surface area contributed by atoms with Crippen molar-refractivity contribution in [1.29, 1.82) is 0 Å². The van der Waals surface area contributed by atoms with Gasteiger partial charge in [-0.1, -0.05) is 34.5 Å². The van der Waals surface area contributed by atoms with Crippen LogP contribution in [0, 0.1) is 13.8 Å². The van der Waals surface area contributed by atoms with Crippen LogP contribution in [0.15, 0.2) is 35.3 Å². The molecule has 0 radical (unpaired) electrons. The number of hydrogen-bond donors (Lipinski definition) is 0. The minimum atomic E-state index is -0.391. The summed E-state index contributed by atoms with van der Waals surface area (Å²) in [5.41, 5.74) is 3.43. The second-order valence-corrected chi connectivity index (χ2v) is 8.15. The monoisotopic (exact) mass is 438 g/mol. The Bertz CT molecular complexity index is 1090. The zero-order valence-electron chi connectivity index (χ0n) is 15.8. The van der Waals surface area contributed by atoms with Crippen LogP contribution in [0.5, 0.6) is 5.75 Å². The van der Waals surface area contributed by atoms with E-state index >= 15 is 0 Å². The molecule has 148 valence electrons. The van der Waals surface area contributed by atoms with Crippen LogP contribution in [0.1, 0.15) is 11.1 Å². The smallest absolute Gasteiger partial charge is 0.286 e. The molecule has 2 aromatic carbocycles. The van der Waals surface area contributed by atoms with Crippen LogP contribution >= 0.6 is 34.5 Å². The number of methoxy groups -OCH3 is 1. The highest BCUT2D eigenvalue weighted by Crippen LogP contribution is 2.27. The number of rotatable bonds is 6. The Balaban J connectivity index is 1.89. The molecule has 3 rings (SSSR count). The fourth-order valence-corrected chi connectivity index (χ4v) is 4.29. The molecule has 0 aliphatic heterocycles. The average molecular weight is 439 g/mol. The Kier molecular flexibility index (Phi) is 6.78. The van der Waals surface area contributed by atoms with E-state index in [9.17, 15) is 4.79 Å². The predicted molar refractivity (Wildman–Crippen MR) is 114 cm³/mol. The summed E-state index contributed by atoms with van der Waals surface area (Å²) in [6, 6.07) is 9.08. The Morgan fingerprint density at radius 1 is 1.18 bits per heavy atom. The first kappa shape index (κ1) is 20.9. The van der Waals surface area contributed by atoms with Crippen LogP contribution in [-0.2, 0) is 16.1 Å². The molecule has 0 bridgehead atoms. The minimum absolute atomic E-state index is 0.210. The van der Waals surface area contributed by atoms with Gasteiger partial charge in [0.1, 0.15) is 5.75 Å². The zero-order chi connectivity index (χ0) is 20.3. The number of ether oxygens (including phenoxy) is 2. The van der Waals surface area contributed by atoms with E-state index in [0.29, 0.717) is 33.7 Å². The van der Waals surface area contributed by atoms with Gasteiger partial charge < -0.3 is 14.0 Å². The summed E-state index contributed by atoms with van der Waals surface area (Å²) in [7, 11) is 1.65. The molecule has 0 aliphatic rings. The first-order chi connectivity index (χ1) is 13.4.